The molecule has 1 aliphatic carbocycles. The monoisotopic (exact) mass is 192 g/mol. The molecule has 2 heterocycles. The van der Waals surface area contributed by atoms with Gasteiger partial charge in [-0.05, 0) is 18.9 Å². The van der Waals surface area contributed by atoms with E-state index in [1.165, 1.54) is 24.2 Å². The Hall–Kier alpha value is -0.800. The van der Waals surface area contributed by atoms with Gasteiger partial charge in [0.05, 0.1) is 6.26 Å². The molecule has 1 saturated heterocycles. The predicted molar refractivity (Wildman–Crippen MR) is 53.9 cm³/mol. The molecule has 1 aliphatic heterocycles. The lowest BCUT2D eigenvalue weighted by molar-refractivity contribution is 0.0817. The van der Waals surface area contributed by atoms with Crippen LogP contribution in [-0.4, -0.2) is 24.0 Å². The van der Waals surface area contributed by atoms with E-state index >= 15 is 0 Å². The normalized spacial score (nSPS) is 28.5. The van der Waals surface area contributed by atoms with Gasteiger partial charge >= 0.3 is 0 Å². The second kappa shape index (κ2) is 3.11. The topological polar surface area (TPSA) is 42.4 Å². The highest BCUT2D eigenvalue weighted by atomic mass is 16.3. The molecule has 1 fully saturated rings. The van der Waals surface area contributed by atoms with E-state index in [4.69, 9.17) is 10.2 Å². The van der Waals surface area contributed by atoms with Gasteiger partial charge in [-0.3, -0.25) is 4.90 Å². The van der Waals surface area contributed by atoms with Gasteiger partial charge in [0.2, 0.25) is 0 Å². The molecule has 0 radical (unpaired) electrons. The van der Waals surface area contributed by atoms with Gasteiger partial charge in [-0.25, -0.2) is 0 Å². The molecule has 1 unspecified atom stereocenters. The van der Waals surface area contributed by atoms with Gasteiger partial charge in [0.1, 0.15) is 5.76 Å². The van der Waals surface area contributed by atoms with E-state index in [-0.39, 0.29) is 0 Å². The van der Waals surface area contributed by atoms with Gasteiger partial charge in [0.25, 0.3) is 0 Å². The fourth-order valence-corrected chi connectivity index (χ4v) is 2.64. The van der Waals surface area contributed by atoms with Crippen molar-refractivity contribution < 1.29 is 4.42 Å². The van der Waals surface area contributed by atoms with Crippen LogP contribution < -0.4 is 5.73 Å². The van der Waals surface area contributed by atoms with Crippen molar-refractivity contribution >= 4 is 0 Å². The van der Waals surface area contributed by atoms with Gasteiger partial charge in [0.15, 0.2) is 0 Å². The van der Waals surface area contributed by atoms with Crippen molar-refractivity contribution in [3.8, 4) is 0 Å². The molecule has 3 nitrogen and oxygen atoms in total. The van der Waals surface area contributed by atoms with Crippen molar-refractivity contribution in [2.75, 3.05) is 13.1 Å². The molecule has 0 saturated carbocycles. The van der Waals surface area contributed by atoms with Crippen molar-refractivity contribution in [2.45, 2.75) is 31.3 Å². The number of fused-ring (bicyclic) bond motifs is 1. The number of aryl methyl sites for hydroxylation is 1. The van der Waals surface area contributed by atoms with Gasteiger partial charge < -0.3 is 10.2 Å². The van der Waals surface area contributed by atoms with Gasteiger partial charge in [-0.2, -0.15) is 0 Å². The van der Waals surface area contributed by atoms with Crippen molar-refractivity contribution in [3.63, 3.8) is 0 Å². The van der Waals surface area contributed by atoms with Crippen molar-refractivity contribution in [1.29, 1.82) is 0 Å². The van der Waals surface area contributed by atoms with Crippen molar-refractivity contribution in [1.82, 2.24) is 4.90 Å². The highest BCUT2D eigenvalue weighted by molar-refractivity contribution is 5.25. The molecule has 1 aromatic heterocycles. The van der Waals surface area contributed by atoms with Gasteiger partial charge in [0, 0.05) is 37.2 Å². The minimum Gasteiger partial charge on any atom is -0.469 e. The molecule has 1 aromatic rings. The predicted octanol–water partition coefficient (Wildman–Crippen LogP) is 1.30. The summed E-state index contributed by atoms with van der Waals surface area (Å²) in [5, 5.41) is 0. The number of nitrogens with two attached hydrogens (primary N) is 1. The first-order valence-electron chi connectivity index (χ1n) is 5.40. The van der Waals surface area contributed by atoms with E-state index in [2.05, 4.69) is 11.0 Å². The molecule has 2 aliphatic rings. The highest BCUT2D eigenvalue weighted by Crippen LogP contribution is 2.36. The molecule has 1 atom stereocenters. The Bertz CT molecular complexity index is 328. The third-order valence-corrected chi connectivity index (χ3v) is 3.40. The number of nitrogens with zero attached hydrogens (tertiary/aromatic N) is 1. The number of hydrogen-bond donors (Lipinski definition) is 1. The quantitative estimate of drug-likeness (QED) is 0.729. The van der Waals surface area contributed by atoms with Gasteiger partial charge in [-0.1, -0.05) is 0 Å². The molecule has 3 rings (SSSR count). The molecule has 0 spiro atoms. The summed E-state index contributed by atoms with van der Waals surface area (Å²) in [6.45, 7) is 2.10. The Morgan fingerprint density at radius 3 is 3.07 bits per heavy atom. The van der Waals surface area contributed by atoms with Crippen LogP contribution >= 0.6 is 0 Å². The molecule has 0 amide bonds. The van der Waals surface area contributed by atoms with Crippen LogP contribution in [0.25, 0.3) is 0 Å². The minimum atomic E-state index is 0.396. The van der Waals surface area contributed by atoms with Crippen molar-refractivity contribution in [2.24, 2.45) is 5.73 Å². The Labute approximate surface area is 83.9 Å². The average molecular weight is 192 g/mol. The van der Waals surface area contributed by atoms with E-state index in [9.17, 15) is 0 Å². The summed E-state index contributed by atoms with van der Waals surface area (Å²) in [6, 6.07) is 3.10. The zero-order chi connectivity index (χ0) is 9.54. The van der Waals surface area contributed by atoms with Crippen LogP contribution in [0.2, 0.25) is 0 Å². The maximum absolute atomic E-state index is 5.81. The third kappa shape index (κ3) is 1.20. The van der Waals surface area contributed by atoms with Crippen LogP contribution in [0.5, 0.6) is 0 Å². The zero-order valence-corrected chi connectivity index (χ0v) is 8.28. The lowest BCUT2D eigenvalue weighted by Gasteiger charge is -2.43. The lowest BCUT2D eigenvalue weighted by Crippen LogP contribution is -2.56. The average Bonchev–Trinajstić information content (AvgIpc) is 2.60. The first-order chi connectivity index (χ1) is 6.84. The van der Waals surface area contributed by atoms with E-state index in [1.54, 1.807) is 0 Å². The van der Waals surface area contributed by atoms with Crippen LogP contribution in [0.4, 0.5) is 0 Å². The Morgan fingerprint density at radius 1 is 1.43 bits per heavy atom. The second-order valence-corrected chi connectivity index (χ2v) is 4.42. The molecular weight excluding hydrogens is 176 g/mol. The molecule has 0 bridgehead atoms. The summed E-state index contributed by atoms with van der Waals surface area (Å²) < 4.78 is 5.47. The number of likely N-dealkylation sites (tertiary alicyclic amines) is 1. The summed E-state index contributed by atoms with van der Waals surface area (Å²) in [5.41, 5.74) is 7.21. The lowest BCUT2D eigenvalue weighted by atomic mass is 9.89. The van der Waals surface area contributed by atoms with Crippen LogP contribution in [0.3, 0.4) is 0 Å². The van der Waals surface area contributed by atoms with Gasteiger partial charge in [-0.15, -0.1) is 0 Å². The van der Waals surface area contributed by atoms with Crippen LogP contribution in [0.1, 0.15) is 30.2 Å². The highest BCUT2D eigenvalue weighted by Gasteiger charge is 2.34. The summed E-state index contributed by atoms with van der Waals surface area (Å²) in [4.78, 5) is 2.47. The fraction of sp³-hybridized carbons (Fsp3) is 0.636. The van der Waals surface area contributed by atoms with Crippen LogP contribution in [0, 0.1) is 0 Å². The van der Waals surface area contributed by atoms with Crippen molar-refractivity contribution in [3.05, 3.63) is 23.7 Å². The third-order valence-electron chi connectivity index (χ3n) is 3.40. The van der Waals surface area contributed by atoms with Crippen LogP contribution in [0.15, 0.2) is 16.7 Å². The minimum absolute atomic E-state index is 0.396. The zero-order valence-electron chi connectivity index (χ0n) is 8.28. The maximum atomic E-state index is 5.81. The standard InChI is InChI=1S/C11H16N2O/c12-8-6-13(7-8)10-2-1-3-11-9(10)4-5-14-11/h4-5,8,10H,1-3,6-7,12H2. The molecule has 76 valence electrons. The SMILES string of the molecule is NC1CN(C2CCCc3occc32)C1. The van der Waals surface area contributed by atoms with E-state index in [0.717, 1.165) is 19.5 Å². The number of hydrogen-bond acceptors (Lipinski definition) is 3. The molecule has 3 heteroatoms. The summed E-state index contributed by atoms with van der Waals surface area (Å²) in [5.74, 6) is 1.20. The summed E-state index contributed by atoms with van der Waals surface area (Å²) in [6.07, 6.45) is 5.44. The Balaban J connectivity index is 1.82. The fourth-order valence-electron chi connectivity index (χ4n) is 2.64. The Morgan fingerprint density at radius 2 is 2.29 bits per heavy atom. The van der Waals surface area contributed by atoms with E-state index in [1.807, 2.05) is 6.26 Å². The first-order valence-corrected chi connectivity index (χ1v) is 5.40. The number of furan rings is 1. The smallest absolute Gasteiger partial charge is 0.108 e. The molecular formula is C11H16N2O. The molecule has 14 heavy (non-hydrogen) atoms. The first kappa shape index (κ1) is 8.50. The molecule has 2 N–H and O–H groups in total. The summed E-state index contributed by atoms with van der Waals surface area (Å²) >= 11 is 0. The number of rotatable bonds is 1. The summed E-state index contributed by atoms with van der Waals surface area (Å²) in [7, 11) is 0. The van der Waals surface area contributed by atoms with Crippen LogP contribution in [-0.2, 0) is 6.42 Å². The molecule has 0 aromatic carbocycles. The Kier molecular flexibility index (Phi) is 1.89. The van der Waals surface area contributed by atoms with E-state index in [0.29, 0.717) is 12.1 Å². The largest absolute Gasteiger partial charge is 0.469 e. The second-order valence-electron chi connectivity index (χ2n) is 4.42. The van der Waals surface area contributed by atoms with E-state index < -0.39 is 0 Å². The maximum Gasteiger partial charge on any atom is 0.108 e.